The summed E-state index contributed by atoms with van der Waals surface area (Å²) in [7, 11) is -3.66. The molecule has 1 fully saturated rings. The van der Waals surface area contributed by atoms with Crippen LogP contribution >= 0.6 is 11.3 Å². The third-order valence-corrected chi connectivity index (χ3v) is 7.06. The Labute approximate surface area is 151 Å². The molecule has 1 aliphatic rings. The molecule has 7 nitrogen and oxygen atoms in total. The minimum atomic E-state index is -3.66. The van der Waals surface area contributed by atoms with Gasteiger partial charge in [-0.3, -0.25) is 4.79 Å². The standard InChI is InChI=1S/C16H20N4O3S2/c1-2-15-18-19-16(24-15)17-11-14(21)13-9-6-10-20(13)25(22,23)12-7-4-3-5-8-12/h3-5,7-8,13H,2,6,9-11H2,1H3,(H,17,19). The number of nitrogens with zero attached hydrogens (tertiary/aromatic N) is 3. The minimum Gasteiger partial charge on any atom is -0.353 e. The number of rotatable bonds is 7. The molecule has 0 spiro atoms. The summed E-state index contributed by atoms with van der Waals surface area (Å²) in [6.07, 6.45) is 2.02. The van der Waals surface area contributed by atoms with Gasteiger partial charge in [-0.15, -0.1) is 10.2 Å². The Morgan fingerprint density at radius 3 is 2.76 bits per heavy atom. The molecule has 0 bridgehead atoms. The van der Waals surface area contributed by atoms with Gasteiger partial charge in [-0.2, -0.15) is 4.31 Å². The Morgan fingerprint density at radius 1 is 1.32 bits per heavy atom. The molecule has 2 heterocycles. The normalized spacial score (nSPS) is 18.4. The van der Waals surface area contributed by atoms with Gasteiger partial charge in [0.1, 0.15) is 5.01 Å². The highest BCUT2D eigenvalue weighted by Crippen LogP contribution is 2.26. The van der Waals surface area contributed by atoms with Gasteiger partial charge in [0.05, 0.1) is 17.5 Å². The van der Waals surface area contributed by atoms with Crippen molar-refractivity contribution < 1.29 is 13.2 Å². The van der Waals surface area contributed by atoms with E-state index in [9.17, 15) is 13.2 Å². The number of Topliss-reactive ketones (excluding diaryl/α,β-unsaturated/α-hetero) is 1. The van der Waals surface area contributed by atoms with Crippen LogP contribution in [0.15, 0.2) is 35.2 Å². The second-order valence-corrected chi connectivity index (χ2v) is 8.71. The van der Waals surface area contributed by atoms with Gasteiger partial charge in [0, 0.05) is 6.54 Å². The van der Waals surface area contributed by atoms with E-state index in [4.69, 9.17) is 0 Å². The number of benzene rings is 1. The highest BCUT2D eigenvalue weighted by molar-refractivity contribution is 7.89. The topological polar surface area (TPSA) is 92.3 Å². The number of carbonyl (C=O) groups is 1. The van der Waals surface area contributed by atoms with Crippen LogP contribution in [0, 0.1) is 0 Å². The molecule has 1 N–H and O–H groups in total. The molecule has 3 rings (SSSR count). The monoisotopic (exact) mass is 380 g/mol. The van der Waals surface area contributed by atoms with Crippen molar-refractivity contribution in [2.24, 2.45) is 0 Å². The number of aromatic nitrogens is 2. The van der Waals surface area contributed by atoms with Crippen molar-refractivity contribution in [1.82, 2.24) is 14.5 Å². The summed E-state index contributed by atoms with van der Waals surface area (Å²) in [5.41, 5.74) is 0. The number of hydrogen-bond donors (Lipinski definition) is 1. The fourth-order valence-corrected chi connectivity index (χ4v) is 5.20. The number of carbonyl (C=O) groups excluding carboxylic acids is 1. The molecule has 9 heteroatoms. The highest BCUT2D eigenvalue weighted by atomic mass is 32.2. The van der Waals surface area contributed by atoms with Gasteiger partial charge < -0.3 is 5.32 Å². The van der Waals surface area contributed by atoms with Gasteiger partial charge in [0.15, 0.2) is 5.78 Å². The first kappa shape index (κ1) is 18.0. The first-order valence-corrected chi connectivity index (χ1v) is 10.4. The Kier molecular flexibility index (Phi) is 5.45. The fraction of sp³-hybridized carbons (Fsp3) is 0.438. The quantitative estimate of drug-likeness (QED) is 0.789. The predicted molar refractivity (Wildman–Crippen MR) is 96.1 cm³/mol. The number of nitrogens with one attached hydrogen (secondary N) is 1. The number of ketones is 1. The fourth-order valence-electron chi connectivity index (χ4n) is 2.83. The third kappa shape index (κ3) is 3.88. The molecular formula is C16H20N4O3S2. The molecule has 0 amide bonds. The van der Waals surface area contributed by atoms with Gasteiger partial charge in [0.2, 0.25) is 15.2 Å². The lowest BCUT2D eigenvalue weighted by Gasteiger charge is -2.23. The zero-order valence-corrected chi connectivity index (χ0v) is 15.5. The van der Waals surface area contributed by atoms with Crippen LogP contribution in [-0.2, 0) is 21.2 Å². The smallest absolute Gasteiger partial charge is 0.243 e. The lowest BCUT2D eigenvalue weighted by Crippen LogP contribution is -2.42. The molecule has 1 aromatic carbocycles. The molecule has 1 aromatic heterocycles. The Morgan fingerprint density at radius 2 is 2.08 bits per heavy atom. The molecular weight excluding hydrogens is 360 g/mol. The van der Waals surface area contributed by atoms with Crippen LogP contribution in [0.3, 0.4) is 0 Å². The molecule has 2 aromatic rings. The number of hydrogen-bond acceptors (Lipinski definition) is 7. The van der Waals surface area contributed by atoms with Crippen LogP contribution in [0.1, 0.15) is 24.8 Å². The van der Waals surface area contributed by atoms with Crippen molar-refractivity contribution in [2.45, 2.75) is 37.1 Å². The second kappa shape index (κ2) is 7.59. The number of anilines is 1. The van der Waals surface area contributed by atoms with Gasteiger partial charge in [-0.1, -0.05) is 36.5 Å². The van der Waals surface area contributed by atoms with Crippen LogP contribution in [-0.4, -0.2) is 47.8 Å². The Balaban J connectivity index is 1.69. The van der Waals surface area contributed by atoms with Crippen molar-refractivity contribution >= 4 is 32.3 Å². The van der Waals surface area contributed by atoms with E-state index >= 15 is 0 Å². The van der Waals surface area contributed by atoms with Crippen molar-refractivity contribution in [3.8, 4) is 0 Å². The van der Waals surface area contributed by atoms with E-state index in [1.165, 1.54) is 15.6 Å². The van der Waals surface area contributed by atoms with Crippen LogP contribution in [0.5, 0.6) is 0 Å². The zero-order chi connectivity index (χ0) is 17.9. The molecule has 1 saturated heterocycles. The Bertz CT molecular complexity index is 836. The molecule has 0 radical (unpaired) electrons. The summed E-state index contributed by atoms with van der Waals surface area (Å²) in [6, 6.07) is 7.62. The van der Waals surface area contributed by atoms with E-state index in [0.717, 1.165) is 11.4 Å². The summed E-state index contributed by atoms with van der Waals surface area (Å²) < 4.78 is 26.9. The van der Waals surface area contributed by atoms with Gasteiger partial charge in [-0.05, 0) is 31.4 Å². The van der Waals surface area contributed by atoms with Gasteiger partial charge in [-0.25, -0.2) is 8.42 Å². The first-order valence-electron chi connectivity index (χ1n) is 8.18. The number of sulfonamides is 1. The third-order valence-electron chi connectivity index (χ3n) is 4.11. The van der Waals surface area contributed by atoms with Gasteiger partial charge >= 0.3 is 0 Å². The largest absolute Gasteiger partial charge is 0.353 e. The Hall–Kier alpha value is -1.84. The average molecular weight is 380 g/mol. The van der Waals surface area contributed by atoms with E-state index < -0.39 is 16.1 Å². The summed E-state index contributed by atoms with van der Waals surface area (Å²) in [4.78, 5) is 12.8. The molecule has 0 aliphatic carbocycles. The van der Waals surface area contributed by atoms with Crippen LogP contribution in [0.25, 0.3) is 0 Å². The SMILES string of the molecule is CCc1nnc(NCC(=O)C2CCCN2S(=O)(=O)c2ccccc2)s1. The average Bonchev–Trinajstić information content (AvgIpc) is 3.30. The maximum atomic E-state index is 12.8. The molecule has 134 valence electrons. The van der Waals surface area contributed by atoms with Gasteiger partial charge in [0.25, 0.3) is 0 Å². The van der Waals surface area contributed by atoms with E-state index in [-0.39, 0.29) is 17.2 Å². The van der Waals surface area contributed by atoms with Crippen molar-refractivity contribution in [3.05, 3.63) is 35.3 Å². The lowest BCUT2D eigenvalue weighted by molar-refractivity contribution is -0.120. The maximum Gasteiger partial charge on any atom is 0.243 e. The second-order valence-electron chi connectivity index (χ2n) is 5.76. The van der Waals surface area contributed by atoms with Crippen molar-refractivity contribution in [2.75, 3.05) is 18.4 Å². The van der Waals surface area contributed by atoms with Crippen molar-refractivity contribution in [3.63, 3.8) is 0 Å². The molecule has 0 saturated carbocycles. The van der Waals surface area contributed by atoms with E-state index in [1.54, 1.807) is 30.3 Å². The van der Waals surface area contributed by atoms with E-state index in [2.05, 4.69) is 15.5 Å². The van der Waals surface area contributed by atoms with E-state index in [0.29, 0.717) is 24.5 Å². The van der Waals surface area contributed by atoms with Crippen molar-refractivity contribution in [1.29, 1.82) is 0 Å². The zero-order valence-electron chi connectivity index (χ0n) is 13.9. The summed E-state index contributed by atoms with van der Waals surface area (Å²) in [5, 5.41) is 12.4. The minimum absolute atomic E-state index is 0.0455. The molecule has 1 atom stereocenters. The molecule has 1 aliphatic heterocycles. The van der Waals surface area contributed by atoms with Crippen LogP contribution in [0.2, 0.25) is 0 Å². The summed E-state index contributed by atoms with van der Waals surface area (Å²) >= 11 is 1.40. The summed E-state index contributed by atoms with van der Waals surface area (Å²) in [5.74, 6) is -0.148. The summed E-state index contributed by atoms with van der Waals surface area (Å²) in [6.45, 7) is 2.40. The predicted octanol–water partition coefficient (Wildman–Crippen LogP) is 1.93. The highest BCUT2D eigenvalue weighted by Gasteiger charge is 2.38. The number of aryl methyl sites for hydroxylation is 1. The van der Waals surface area contributed by atoms with Crippen LogP contribution in [0.4, 0.5) is 5.13 Å². The van der Waals surface area contributed by atoms with Crippen LogP contribution < -0.4 is 5.32 Å². The van der Waals surface area contributed by atoms with E-state index in [1.807, 2.05) is 6.92 Å². The molecule has 1 unspecified atom stereocenters. The maximum absolute atomic E-state index is 12.8. The molecule has 25 heavy (non-hydrogen) atoms. The first-order chi connectivity index (χ1) is 12.0. The lowest BCUT2D eigenvalue weighted by atomic mass is 10.1.